The number of alkyl halides is 3. The molecule has 0 bridgehead atoms. The zero-order valence-corrected chi connectivity index (χ0v) is 17.5. The predicted molar refractivity (Wildman–Crippen MR) is 111 cm³/mol. The first-order chi connectivity index (χ1) is 15.0. The van der Waals surface area contributed by atoms with Gasteiger partial charge in [-0.3, -0.25) is 4.79 Å². The van der Waals surface area contributed by atoms with Gasteiger partial charge in [0.15, 0.2) is 11.4 Å². The summed E-state index contributed by atoms with van der Waals surface area (Å²) in [6, 6.07) is 13.2. The van der Waals surface area contributed by atoms with Gasteiger partial charge in [0.1, 0.15) is 0 Å². The highest BCUT2D eigenvalue weighted by atomic mass is 19.4. The van der Waals surface area contributed by atoms with Crippen LogP contribution in [0.3, 0.4) is 0 Å². The molecule has 0 radical (unpaired) electrons. The molecule has 0 spiro atoms. The van der Waals surface area contributed by atoms with Crippen molar-refractivity contribution in [1.29, 1.82) is 0 Å². The Morgan fingerprint density at radius 3 is 2.06 bits per heavy atom. The van der Waals surface area contributed by atoms with Crippen LogP contribution in [-0.4, -0.2) is 27.0 Å². The van der Waals surface area contributed by atoms with Gasteiger partial charge in [-0.15, -0.1) is 0 Å². The number of carbonyl (C=O) groups excluding carboxylic acids is 1. The van der Waals surface area contributed by atoms with Crippen LogP contribution in [0.1, 0.15) is 46.5 Å². The maximum atomic E-state index is 12.7. The Kier molecular flexibility index (Phi) is 6.55. The van der Waals surface area contributed by atoms with Crippen molar-refractivity contribution in [1.82, 2.24) is 4.57 Å². The lowest BCUT2D eigenvalue weighted by molar-refractivity contribution is -0.162. The molecule has 0 fully saturated rings. The van der Waals surface area contributed by atoms with Gasteiger partial charge in [0.25, 0.3) is 0 Å². The molecule has 0 atom stereocenters. The minimum Gasteiger partial charge on any atom is -0.479 e. The predicted octanol–water partition coefficient (Wildman–Crippen LogP) is 5.17. The van der Waals surface area contributed by atoms with Crippen molar-refractivity contribution >= 4 is 11.8 Å². The number of hydrogen-bond acceptors (Lipinski definition) is 3. The highest BCUT2D eigenvalue weighted by Gasteiger charge is 2.30. The Morgan fingerprint density at radius 2 is 1.50 bits per heavy atom. The molecule has 3 rings (SSSR count). The van der Waals surface area contributed by atoms with E-state index in [1.807, 2.05) is 24.3 Å². The number of carboxylic acids is 1. The Hall–Kier alpha value is -3.39. The Labute approximate surface area is 183 Å². The average molecular weight is 445 g/mol. The van der Waals surface area contributed by atoms with E-state index in [-0.39, 0.29) is 18.0 Å². The number of ketones is 1. The van der Waals surface area contributed by atoms with Crippen molar-refractivity contribution in [3.63, 3.8) is 0 Å². The monoisotopic (exact) mass is 445 g/mol. The number of rotatable bonds is 8. The highest BCUT2D eigenvalue weighted by Crippen LogP contribution is 2.29. The SMILES string of the molecule is CC(C)(OCc1ccc(Cn2ccc(C(=O)c3ccc(C(F)(F)F)cc3)c2)cc1)C(=O)O. The van der Waals surface area contributed by atoms with Crippen molar-refractivity contribution in [3.05, 3.63) is 94.8 Å². The lowest BCUT2D eigenvalue weighted by Crippen LogP contribution is -2.34. The number of nitrogens with zero attached hydrogens (tertiary/aromatic N) is 1. The second-order valence-electron chi connectivity index (χ2n) is 7.90. The van der Waals surface area contributed by atoms with Gasteiger partial charge in [-0.1, -0.05) is 36.4 Å². The standard InChI is InChI=1S/C24H22F3NO4/c1-23(2,22(30)31)32-15-17-5-3-16(4-6-17)13-28-12-11-19(14-28)21(29)18-7-9-20(10-8-18)24(25,26)27/h3-12,14H,13,15H2,1-2H3,(H,30,31). The molecule has 0 saturated heterocycles. The normalized spacial score (nSPS) is 12.0. The van der Waals surface area contributed by atoms with Gasteiger partial charge in [-0.05, 0) is 43.2 Å². The molecule has 3 aromatic rings. The number of aromatic nitrogens is 1. The van der Waals surface area contributed by atoms with E-state index in [1.54, 1.807) is 23.0 Å². The zero-order valence-electron chi connectivity index (χ0n) is 17.5. The molecule has 8 heteroatoms. The quantitative estimate of drug-likeness (QED) is 0.486. The summed E-state index contributed by atoms with van der Waals surface area (Å²) >= 11 is 0. The summed E-state index contributed by atoms with van der Waals surface area (Å²) < 4.78 is 45.3. The topological polar surface area (TPSA) is 68.5 Å². The summed E-state index contributed by atoms with van der Waals surface area (Å²) in [6.45, 7) is 3.62. The largest absolute Gasteiger partial charge is 0.479 e. The van der Waals surface area contributed by atoms with Crippen LogP contribution in [0.2, 0.25) is 0 Å². The summed E-state index contributed by atoms with van der Waals surface area (Å²) in [5, 5.41) is 9.09. The molecule has 168 valence electrons. The Balaban J connectivity index is 1.62. The third-order valence-electron chi connectivity index (χ3n) is 4.99. The van der Waals surface area contributed by atoms with Crippen molar-refractivity contribution in [2.75, 3.05) is 0 Å². The first-order valence-corrected chi connectivity index (χ1v) is 9.78. The second-order valence-corrected chi connectivity index (χ2v) is 7.90. The molecule has 0 unspecified atom stereocenters. The molecule has 0 aliphatic heterocycles. The minimum atomic E-state index is -4.45. The number of ether oxygens (including phenoxy) is 1. The van der Waals surface area contributed by atoms with Crippen LogP contribution in [0.25, 0.3) is 0 Å². The lowest BCUT2D eigenvalue weighted by Gasteiger charge is -2.20. The van der Waals surface area contributed by atoms with E-state index in [0.717, 1.165) is 23.3 Å². The van der Waals surface area contributed by atoms with Crippen LogP contribution in [0.4, 0.5) is 13.2 Å². The first kappa shape index (κ1) is 23.3. The molecule has 0 amide bonds. The molecule has 0 aliphatic carbocycles. The van der Waals surface area contributed by atoms with Crippen molar-refractivity contribution in [2.45, 2.75) is 38.8 Å². The fourth-order valence-electron chi connectivity index (χ4n) is 2.93. The molecule has 0 aliphatic rings. The van der Waals surface area contributed by atoms with Gasteiger partial charge < -0.3 is 14.4 Å². The summed E-state index contributed by atoms with van der Waals surface area (Å²) in [7, 11) is 0. The Bertz CT molecular complexity index is 1100. The lowest BCUT2D eigenvalue weighted by atomic mass is 10.0. The van der Waals surface area contributed by atoms with E-state index in [4.69, 9.17) is 9.84 Å². The van der Waals surface area contributed by atoms with Crippen LogP contribution >= 0.6 is 0 Å². The fraction of sp³-hybridized carbons (Fsp3) is 0.250. The third-order valence-corrected chi connectivity index (χ3v) is 4.99. The number of aliphatic carboxylic acids is 1. The van der Waals surface area contributed by atoms with Crippen LogP contribution in [0, 0.1) is 0 Å². The molecule has 32 heavy (non-hydrogen) atoms. The van der Waals surface area contributed by atoms with Gasteiger partial charge in [-0.2, -0.15) is 13.2 Å². The van der Waals surface area contributed by atoms with Gasteiger partial charge >= 0.3 is 12.1 Å². The van der Waals surface area contributed by atoms with Crippen LogP contribution in [-0.2, 0) is 28.9 Å². The number of halogens is 3. The molecule has 1 aromatic heterocycles. The van der Waals surface area contributed by atoms with Crippen molar-refractivity contribution in [3.8, 4) is 0 Å². The summed E-state index contributed by atoms with van der Waals surface area (Å²) in [6.07, 6.45) is -1.07. The third kappa shape index (κ3) is 5.64. The van der Waals surface area contributed by atoms with Gasteiger partial charge in [-0.25, -0.2) is 4.79 Å². The maximum absolute atomic E-state index is 12.7. The molecule has 5 nitrogen and oxygen atoms in total. The summed E-state index contributed by atoms with van der Waals surface area (Å²) in [4.78, 5) is 23.7. The molecule has 2 aromatic carbocycles. The maximum Gasteiger partial charge on any atom is 0.416 e. The number of hydrogen-bond donors (Lipinski definition) is 1. The van der Waals surface area contributed by atoms with Crippen LogP contribution < -0.4 is 0 Å². The summed E-state index contributed by atoms with van der Waals surface area (Å²) in [5.41, 5.74) is 0.269. The number of carboxylic acid groups (broad SMARTS) is 1. The second kappa shape index (κ2) is 9.00. The van der Waals surface area contributed by atoms with Crippen molar-refractivity contribution in [2.24, 2.45) is 0 Å². The molecular formula is C24H22F3NO4. The molecular weight excluding hydrogens is 423 g/mol. The molecule has 1 N–H and O–H groups in total. The zero-order chi connectivity index (χ0) is 23.5. The molecule has 0 saturated carbocycles. The van der Waals surface area contributed by atoms with Crippen molar-refractivity contribution < 1.29 is 32.6 Å². The minimum absolute atomic E-state index is 0.162. The van der Waals surface area contributed by atoms with E-state index in [1.165, 1.54) is 26.0 Å². The average Bonchev–Trinajstić information content (AvgIpc) is 3.20. The van der Waals surface area contributed by atoms with E-state index in [2.05, 4.69) is 0 Å². The number of benzene rings is 2. The highest BCUT2D eigenvalue weighted by molar-refractivity contribution is 6.08. The summed E-state index contributed by atoms with van der Waals surface area (Å²) in [5.74, 6) is -1.39. The van der Waals surface area contributed by atoms with Gasteiger partial charge in [0.2, 0.25) is 0 Å². The Morgan fingerprint density at radius 1 is 0.906 bits per heavy atom. The van der Waals surface area contributed by atoms with Gasteiger partial charge in [0.05, 0.1) is 12.2 Å². The van der Waals surface area contributed by atoms with Crippen LogP contribution in [0.15, 0.2) is 67.0 Å². The fourth-order valence-corrected chi connectivity index (χ4v) is 2.93. The molecule has 1 heterocycles. The van der Waals surface area contributed by atoms with E-state index in [0.29, 0.717) is 12.1 Å². The van der Waals surface area contributed by atoms with Gasteiger partial charge in [0, 0.05) is 30.1 Å². The van der Waals surface area contributed by atoms with Crippen LogP contribution in [0.5, 0.6) is 0 Å². The number of carbonyl (C=O) groups is 2. The van der Waals surface area contributed by atoms with E-state index >= 15 is 0 Å². The van der Waals surface area contributed by atoms with E-state index in [9.17, 15) is 22.8 Å². The first-order valence-electron chi connectivity index (χ1n) is 9.78. The smallest absolute Gasteiger partial charge is 0.416 e. The van der Waals surface area contributed by atoms with E-state index < -0.39 is 23.3 Å².